The Kier molecular flexibility index (Phi) is 6.11. The van der Waals surface area contributed by atoms with E-state index in [0.29, 0.717) is 25.3 Å². The van der Waals surface area contributed by atoms with Gasteiger partial charge in [-0.25, -0.2) is 0 Å². The van der Waals surface area contributed by atoms with Gasteiger partial charge in [0, 0.05) is 25.8 Å². The van der Waals surface area contributed by atoms with Gasteiger partial charge in [-0.15, -0.1) is 0 Å². The summed E-state index contributed by atoms with van der Waals surface area (Å²) < 4.78 is 9.72. The molecular formula is C18H21NO4. The topological polar surface area (TPSA) is 55.8 Å². The van der Waals surface area contributed by atoms with Crippen LogP contribution in [0.15, 0.2) is 42.5 Å². The van der Waals surface area contributed by atoms with Crippen molar-refractivity contribution >= 4 is 22.6 Å². The fourth-order valence-corrected chi connectivity index (χ4v) is 2.43. The highest BCUT2D eigenvalue weighted by Gasteiger charge is 2.18. The van der Waals surface area contributed by atoms with Crippen molar-refractivity contribution in [2.24, 2.45) is 0 Å². The quantitative estimate of drug-likeness (QED) is 0.737. The molecule has 5 heteroatoms. The summed E-state index contributed by atoms with van der Waals surface area (Å²) in [5.74, 6) is -0.444. The Balaban J connectivity index is 2.25. The van der Waals surface area contributed by atoms with Crippen molar-refractivity contribution in [1.82, 2.24) is 4.90 Å². The first kappa shape index (κ1) is 17.0. The summed E-state index contributed by atoms with van der Waals surface area (Å²) in [4.78, 5) is 25.9. The van der Waals surface area contributed by atoms with Gasteiger partial charge in [-0.05, 0) is 16.8 Å². The molecule has 0 spiro atoms. The number of methoxy groups -OCH3 is 2. The van der Waals surface area contributed by atoms with Gasteiger partial charge in [-0.1, -0.05) is 36.4 Å². The number of hydrogen-bond acceptors (Lipinski definition) is 4. The van der Waals surface area contributed by atoms with E-state index in [1.165, 1.54) is 7.11 Å². The standard InChI is InChI=1S/C18H21NO4/c1-22-13-12-19(11-10-17(20)23-2)18(21)16-9-5-7-14-6-3-4-8-15(14)16/h3-9H,10-13H2,1-2H3. The van der Waals surface area contributed by atoms with E-state index < -0.39 is 0 Å². The van der Waals surface area contributed by atoms with Crippen LogP contribution in [0.3, 0.4) is 0 Å². The lowest BCUT2D eigenvalue weighted by molar-refractivity contribution is -0.140. The second kappa shape index (κ2) is 8.29. The predicted molar refractivity (Wildman–Crippen MR) is 88.4 cm³/mol. The Morgan fingerprint density at radius 3 is 2.48 bits per heavy atom. The fourth-order valence-electron chi connectivity index (χ4n) is 2.43. The summed E-state index contributed by atoms with van der Waals surface area (Å²) in [6, 6.07) is 13.4. The number of ether oxygens (including phenoxy) is 2. The molecule has 23 heavy (non-hydrogen) atoms. The van der Waals surface area contributed by atoms with Crippen LogP contribution < -0.4 is 0 Å². The van der Waals surface area contributed by atoms with E-state index in [9.17, 15) is 9.59 Å². The normalized spacial score (nSPS) is 10.5. The van der Waals surface area contributed by atoms with Gasteiger partial charge in [0.05, 0.1) is 20.1 Å². The van der Waals surface area contributed by atoms with E-state index in [-0.39, 0.29) is 18.3 Å². The molecule has 0 fully saturated rings. The lowest BCUT2D eigenvalue weighted by Crippen LogP contribution is -2.36. The van der Waals surface area contributed by atoms with Crippen LogP contribution in [0.4, 0.5) is 0 Å². The predicted octanol–water partition coefficient (Wildman–Crippen LogP) is 2.49. The Morgan fingerprint density at radius 1 is 1.00 bits per heavy atom. The SMILES string of the molecule is COCCN(CCC(=O)OC)C(=O)c1cccc2ccccc12. The van der Waals surface area contributed by atoms with Gasteiger partial charge in [0.1, 0.15) is 0 Å². The van der Waals surface area contributed by atoms with Crippen molar-refractivity contribution in [1.29, 1.82) is 0 Å². The minimum atomic E-state index is -0.335. The van der Waals surface area contributed by atoms with E-state index >= 15 is 0 Å². The lowest BCUT2D eigenvalue weighted by atomic mass is 10.0. The van der Waals surface area contributed by atoms with Crippen LogP contribution in [0.5, 0.6) is 0 Å². The molecule has 0 aliphatic heterocycles. The minimum absolute atomic E-state index is 0.109. The van der Waals surface area contributed by atoms with Crippen molar-refractivity contribution in [2.75, 3.05) is 33.9 Å². The van der Waals surface area contributed by atoms with Crippen molar-refractivity contribution in [3.63, 3.8) is 0 Å². The molecule has 122 valence electrons. The number of esters is 1. The summed E-state index contributed by atoms with van der Waals surface area (Å²) in [5, 5.41) is 1.92. The molecule has 2 aromatic rings. The third kappa shape index (κ3) is 4.29. The number of amides is 1. The molecule has 0 radical (unpaired) electrons. The number of benzene rings is 2. The van der Waals surface area contributed by atoms with E-state index in [1.807, 2.05) is 42.5 Å². The Labute approximate surface area is 135 Å². The van der Waals surface area contributed by atoms with Crippen molar-refractivity contribution in [3.8, 4) is 0 Å². The number of nitrogens with zero attached hydrogens (tertiary/aromatic N) is 1. The molecule has 0 unspecified atom stereocenters. The average molecular weight is 315 g/mol. The van der Waals surface area contributed by atoms with Gasteiger partial charge in [0.25, 0.3) is 5.91 Å². The summed E-state index contributed by atoms with van der Waals surface area (Å²) in [6.45, 7) is 1.14. The van der Waals surface area contributed by atoms with Crippen LogP contribution >= 0.6 is 0 Å². The van der Waals surface area contributed by atoms with Gasteiger partial charge >= 0.3 is 5.97 Å². The molecule has 5 nitrogen and oxygen atoms in total. The van der Waals surface area contributed by atoms with Crippen LogP contribution in [-0.2, 0) is 14.3 Å². The summed E-state index contributed by atoms with van der Waals surface area (Å²) in [5.41, 5.74) is 0.629. The summed E-state index contributed by atoms with van der Waals surface area (Å²) >= 11 is 0. The number of carbonyl (C=O) groups excluding carboxylic acids is 2. The first-order valence-electron chi connectivity index (χ1n) is 7.50. The smallest absolute Gasteiger partial charge is 0.307 e. The van der Waals surface area contributed by atoms with Gasteiger partial charge in [0.15, 0.2) is 0 Å². The van der Waals surface area contributed by atoms with Crippen LogP contribution in [0.25, 0.3) is 10.8 Å². The molecule has 0 N–H and O–H groups in total. The maximum atomic E-state index is 12.9. The third-order valence-corrected chi connectivity index (χ3v) is 3.69. The second-order valence-electron chi connectivity index (χ2n) is 5.14. The van der Waals surface area contributed by atoms with Crippen molar-refractivity contribution in [3.05, 3.63) is 48.0 Å². The van der Waals surface area contributed by atoms with E-state index in [0.717, 1.165) is 10.8 Å². The monoisotopic (exact) mass is 315 g/mol. The number of fused-ring (bicyclic) bond motifs is 1. The van der Waals surface area contributed by atoms with E-state index in [4.69, 9.17) is 4.74 Å². The lowest BCUT2D eigenvalue weighted by Gasteiger charge is -2.22. The highest BCUT2D eigenvalue weighted by molar-refractivity contribution is 6.07. The fraction of sp³-hybridized carbons (Fsp3) is 0.333. The third-order valence-electron chi connectivity index (χ3n) is 3.69. The largest absolute Gasteiger partial charge is 0.469 e. The summed E-state index contributed by atoms with van der Waals surface area (Å²) in [7, 11) is 2.93. The molecule has 0 saturated carbocycles. The maximum absolute atomic E-state index is 12.9. The molecule has 1 amide bonds. The Hall–Kier alpha value is -2.40. The van der Waals surface area contributed by atoms with Crippen LogP contribution in [-0.4, -0.2) is 50.7 Å². The molecule has 2 rings (SSSR count). The Morgan fingerprint density at radius 2 is 1.74 bits per heavy atom. The highest BCUT2D eigenvalue weighted by Crippen LogP contribution is 2.20. The van der Waals surface area contributed by atoms with Gasteiger partial charge < -0.3 is 14.4 Å². The van der Waals surface area contributed by atoms with Crippen molar-refractivity contribution < 1.29 is 19.1 Å². The zero-order valence-corrected chi connectivity index (χ0v) is 13.5. The van der Waals surface area contributed by atoms with Gasteiger partial charge in [0.2, 0.25) is 0 Å². The number of rotatable bonds is 7. The molecule has 0 aromatic heterocycles. The molecule has 0 atom stereocenters. The van der Waals surface area contributed by atoms with Crippen LogP contribution in [0.1, 0.15) is 16.8 Å². The second-order valence-corrected chi connectivity index (χ2v) is 5.14. The molecule has 0 aliphatic carbocycles. The average Bonchev–Trinajstić information content (AvgIpc) is 2.60. The molecular weight excluding hydrogens is 294 g/mol. The van der Waals surface area contributed by atoms with Gasteiger partial charge in [-0.3, -0.25) is 9.59 Å². The maximum Gasteiger partial charge on any atom is 0.307 e. The number of hydrogen-bond donors (Lipinski definition) is 0. The Bertz CT molecular complexity index is 678. The zero-order chi connectivity index (χ0) is 16.7. The summed E-state index contributed by atoms with van der Waals surface area (Å²) in [6.07, 6.45) is 0.163. The van der Waals surface area contributed by atoms with E-state index in [2.05, 4.69) is 4.74 Å². The molecule has 0 bridgehead atoms. The van der Waals surface area contributed by atoms with Crippen LogP contribution in [0, 0.1) is 0 Å². The van der Waals surface area contributed by atoms with Crippen LogP contribution in [0.2, 0.25) is 0 Å². The molecule has 0 heterocycles. The molecule has 2 aromatic carbocycles. The van der Waals surface area contributed by atoms with E-state index in [1.54, 1.807) is 12.0 Å². The highest BCUT2D eigenvalue weighted by atomic mass is 16.5. The van der Waals surface area contributed by atoms with Gasteiger partial charge in [-0.2, -0.15) is 0 Å². The first-order chi connectivity index (χ1) is 11.2. The molecule has 0 saturated heterocycles. The zero-order valence-electron chi connectivity index (χ0n) is 13.5. The van der Waals surface area contributed by atoms with Crippen molar-refractivity contribution in [2.45, 2.75) is 6.42 Å². The minimum Gasteiger partial charge on any atom is -0.469 e. The number of carbonyl (C=O) groups is 2. The first-order valence-corrected chi connectivity index (χ1v) is 7.50. The molecule has 0 aliphatic rings.